The lowest BCUT2D eigenvalue weighted by Crippen LogP contribution is -2.10. The van der Waals surface area contributed by atoms with E-state index in [4.69, 9.17) is 14.9 Å². The van der Waals surface area contributed by atoms with Crippen LogP contribution in [-0.2, 0) is 38.0 Å². The smallest absolute Gasteiger partial charge is 0.466 e. The van der Waals surface area contributed by atoms with E-state index in [0.29, 0.717) is 39.5 Å². The van der Waals surface area contributed by atoms with Gasteiger partial charge < -0.3 is 38.6 Å². The summed E-state index contributed by atoms with van der Waals surface area (Å²) < 4.78 is 26.6. The SMILES string of the molecule is C=CC.CCOCCC(=O)OCC.COCCOC(C)=O.O=C(O)OCCOC(=O)O. The van der Waals surface area contributed by atoms with Crippen LogP contribution >= 0.6 is 0 Å². The first-order valence-electron chi connectivity index (χ1n) is 9.26. The fourth-order valence-corrected chi connectivity index (χ4v) is 1.06. The largest absolute Gasteiger partial charge is 0.505 e. The van der Waals surface area contributed by atoms with Crippen LogP contribution in [-0.4, -0.2) is 87.8 Å². The molecule has 0 aliphatic rings. The van der Waals surface area contributed by atoms with Gasteiger partial charge >= 0.3 is 24.2 Å². The zero-order chi connectivity index (χ0) is 24.9. The van der Waals surface area contributed by atoms with Crippen molar-refractivity contribution in [1.82, 2.24) is 0 Å². The second-order valence-corrected chi connectivity index (χ2v) is 4.72. The van der Waals surface area contributed by atoms with E-state index in [0.717, 1.165) is 0 Å². The third kappa shape index (κ3) is 58.4. The summed E-state index contributed by atoms with van der Waals surface area (Å²) in [6.07, 6.45) is -0.787. The Morgan fingerprint density at radius 2 is 1.26 bits per heavy atom. The number of carbonyl (C=O) groups excluding carboxylic acids is 2. The molecule has 0 saturated carbocycles. The van der Waals surface area contributed by atoms with Crippen molar-refractivity contribution in [3.8, 4) is 0 Å². The average Bonchev–Trinajstić information content (AvgIpc) is 2.67. The van der Waals surface area contributed by atoms with Crippen LogP contribution in [0.2, 0.25) is 0 Å². The molecule has 0 aliphatic heterocycles. The summed E-state index contributed by atoms with van der Waals surface area (Å²) in [7, 11) is 1.56. The van der Waals surface area contributed by atoms with Crippen molar-refractivity contribution in [1.29, 1.82) is 0 Å². The maximum atomic E-state index is 10.6. The quantitative estimate of drug-likeness (QED) is 0.202. The number of hydrogen-bond donors (Lipinski definition) is 2. The van der Waals surface area contributed by atoms with Crippen molar-refractivity contribution >= 4 is 24.2 Å². The van der Waals surface area contributed by atoms with Crippen LogP contribution < -0.4 is 0 Å². The highest BCUT2D eigenvalue weighted by atomic mass is 16.7. The van der Waals surface area contributed by atoms with Crippen LogP contribution in [0.5, 0.6) is 0 Å². The molecule has 0 rings (SSSR count). The van der Waals surface area contributed by atoms with Crippen LogP contribution in [0.3, 0.4) is 0 Å². The minimum atomic E-state index is -1.45. The van der Waals surface area contributed by atoms with Gasteiger partial charge in [-0.1, -0.05) is 6.08 Å². The van der Waals surface area contributed by atoms with Crippen molar-refractivity contribution in [2.75, 3.05) is 53.4 Å². The van der Waals surface area contributed by atoms with Gasteiger partial charge in [0.1, 0.15) is 19.8 Å². The molecular weight excluding hydrogens is 420 g/mol. The molecule has 184 valence electrons. The molecular formula is C19H36O12. The van der Waals surface area contributed by atoms with Crippen molar-refractivity contribution < 1.29 is 57.8 Å². The monoisotopic (exact) mass is 456 g/mol. The lowest BCUT2D eigenvalue weighted by Gasteiger charge is -2.00. The zero-order valence-corrected chi connectivity index (χ0v) is 18.9. The zero-order valence-electron chi connectivity index (χ0n) is 18.9. The minimum absolute atomic E-state index is 0.184. The summed E-state index contributed by atoms with van der Waals surface area (Å²) in [5.74, 6) is -0.446. The first kappa shape index (κ1) is 35.6. The summed E-state index contributed by atoms with van der Waals surface area (Å²) in [6.45, 7) is 12.1. The minimum Gasteiger partial charge on any atom is -0.466 e. The number of carboxylic acid groups (broad SMARTS) is 2. The Kier molecular flexibility index (Phi) is 36.5. The van der Waals surface area contributed by atoms with Crippen molar-refractivity contribution in [2.45, 2.75) is 34.1 Å². The van der Waals surface area contributed by atoms with Gasteiger partial charge in [-0.3, -0.25) is 9.59 Å². The Morgan fingerprint density at radius 3 is 1.58 bits per heavy atom. The van der Waals surface area contributed by atoms with E-state index in [2.05, 4.69) is 30.3 Å². The van der Waals surface area contributed by atoms with Gasteiger partial charge in [0, 0.05) is 20.6 Å². The number of carbonyl (C=O) groups is 4. The molecule has 0 radical (unpaired) electrons. The van der Waals surface area contributed by atoms with Crippen LogP contribution in [0, 0.1) is 0 Å². The molecule has 2 N–H and O–H groups in total. The van der Waals surface area contributed by atoms with E-state index in [9.17, 15) is 19.2 Å². The molecule has 0 amide bonds. The van der Waals surface area contributed by atoms with Gasteiger partial charge in [-0.2, -0.15) is 0 Å². The van der Waals surface area contributed by atoms with Gasteiger partial charge in [0.2, 0.25) is 0 Å². The number of hydrogen-bond acceptors (Lipinski definition) is 10. The van der Waals surface area contributed by atoms with Gasteiger partial charge in [-0.25, -0.2) is 9.59 Å². The average molecular weight is 456 g/mol. The van der Waals surface area contributed by atoms with Crippen LogP contribution in [0.4, 0.5) is 9.59 Å². The van der Waals surface area contributed by atoms with Crippen LogP contribution in [0.15, 0.2) is 12.7 Å². The van der Waals surface area contributed by atoms with Gasteiger partial charge in [-0.15, -0.1) is 6.58 Å². The highest BCUT2D eigenvalue weighted by Crippen LogP contribution is 1.86. The fourth-order valence-electron chi connectivity index (χ4n) is 1.06. The summed E-state index contributed by atoms with van der Waals surface area (Å²) >= 11 is 0. The Bertz CT molecular complexity index is 435. The van der Waals surface area contributed by atoms with Crippen LogP contribution in [0.1, 0.15) is 34.1 Å². The second kappa shape index (κ2) is 31.8. The highest BCUT2D eigenvalue weighted by molar-refractivity contribution is 5.69. The molecule has 12 heteroatoms. The van der Waals surface area contributed by atoms with Crippen LogP contribution in [0.25, 0.3) is 0 Å². The maximum Gasteiger partial charge on any atom is 0.505 e. The number of methoxy groups -OCH3 is 1. The summed E-state index contributed by atoms with van der Waals surface area (Å²) in [5, 5.41) is 15.7. The van der Waals surface area contributed by atoms with E-state index in [1.807, 2.05) is 13.8 Å². The molecule has 0 aromatic carbocycles. The van der Waals surface area contributed by atoms with E-state index in [1.54, 1.807) is 20.1 Å². The molecule has 0 aromatic heterocycles. The number of allylic oxidation sites excluding steroid dienone is 1. The Hall–Kier alpha value is -2.86. The fraction of sp³-hybridized carbons (Fsp3) is 0.684. The Balaban J connectivity index is -0.000000166. The second-order valence-electron chi connectivity index (χ2n) is 4.72. The maximum absolute atomic E-state index is 10.6. The molecule has 0 fully saturated rings. The van der Waals surface area contributed by atoms with Crippen molar-refractivity contribution in [3.63, 3.8) is 0 Å². The summed E-state index contributed by atoms with van der Waals surface area (Å²) in [4.78, 5) is 39.9. The van der Waals surface area contributed by atoms with Gasteiger partial charge in [0.05, 0.1) is 26.2 Å². The normalized spacial score (nSPS) is 8.42. The summed E-state index contributed by atoms with van der Waals surface area (Å²) in [5.41, 5.74) is 0. The van der Waals surface area contributed by atoms with Gasteiger partial charge in [0.25, 0.3) is 0 Å². The van der Waals surface area contributed by atoms with Gasteiger partial charge in [0.15, 0.2) is 0 Å². The first-order valence-corrected chi connectivity index (χ1v) is 9.26. The van der Waals surface area contributed by atoms with E-state index in [1.165, 1.54) is 6.92 Å². The first-order chi connectivity index (χ1) is 14.6. The Labute approximate surface area is 183 Å². The molecule has 0 aliphatic carbocycles. The molecule has 0 unspecified atom stereocenters. The van der Waals surface area contributed by atoms with Gasteiger partial charge in [-0.05, 0) is 20.8 Å². The molecule has 0 atom stereocenters. The van der Waals surface area contributed by atoms with Crippen molar-refractivity contribution in [3.05, 3.63) is 12.7 Å². The predicted molar refractivity (Wildman–Crippen MR) is 110 cm³/mol. The predicted octanol–water partition coefficient (Wildman–Crippen LogP) is 2.74. The molecule has 0 saturated heterocycles. The number of rotatable bonds is 11. The molecule has 0 aromatic rings. The van der Waals surface area contributed by atoms with Crippen molar-refractivity contribution in [2.24, 2.45) is 0 Å². The molecule has 0 heterocycles. The lowest BCUT2D eigenvalue weighted by molar-refractivity contribution is -0.144. The topological polar surface area (TPSA) is 164 Å². The lowest BCUT2D eigenvalue weighted by atomic mass is 10.5. The third-order valence-electron chi connectivity index (χ3n) is 2.09. The van der Waals surface area contributed by atoms with E-state index < -0.39 is 12.3 Å². The number of ether oxygens (including phenoxy) is 6. The summed E-state index contributed by atoms with van der Waals surface area (Å²) in [6, 6.07) is 0. The molecule has 31 heavy (non-hydrogen) atoms. The third-order valence-corrected chi connectivity index (χ3v) is 2.09. The molecule has 0 bridgehead atoms. The molecule has 0 spiro atoms. The Morgan fingerprint density at radius 1 is 0.806 bits per heavy atom. The molecule has 12 nitrogen and oxygen atoms in total. The number of esters is 2. The highest BCUT2D eigenvalue weighted by Gasteiger charge is 1.99. The van der Waals surface area contributed by atoms with E-state index in [-0.39, 0.29) is 25.2 Å². The van der Waals surface area contributed by atoms with E-state index >= 15 is 0 Å². The standard InChI is InChI=1S/C7H14O3.C5H10O3.C4H6O6.C3H6/c1-3-9-6-5-7(8)10-4-2;1-5(6)8-4-3-7-2;5-3(6)9-1-2-10-4(7)8;1-3-2/h3-6H2,1-2H3;3-4H2,1-2H3;1-2H2,(H,5,6)(H,7,8);3H,1H2,2H3.